The van der Waals surface area contributed by atoms with E-state index < -0.39 is 26.5 Å². The summed E-state index contributed by atoms with van der Waals surface area (Å²) in [5, 5.41) is 23.5. The fraction of sp³-hybridized carbons (Fsp3) is 0. The zero-order valence-corrected chi connectivity index (χ0v) is 17.7. The molecule has 160 valence electrons. The number of hydrogen-bond donors (Lipinski definition) is 3. The maximum Gasteiger partial charge on any atom is 0.296 e. The standard InChI is InChI=1S/C19H13Cl2N3O6S/c20-11-1-5-14(6-2-11)31(29,30)23-16-7-3-12(21)9-15(16)19(26)22-17-8-4-13(25)10-18(17)24(27)28/h1-10,23,25H,(H,22,26). The normalized spacial score (nSPS) is 11.0. The number of hydrogen-bond acceptors (Lipinski definition) is 6. The van der Waals surface area contributed by atoms with Gasteiger partial charge in [0.2, 0.25) is 0 Å². The quantitative estimate of drug-likeness (QED) is 0.265. The molecule has 0 aliphatic carbocycles. The summed E-state index contributed by atoms with van der Waals surface area (Å²) in [5.41, 5.74) is -1.01. The molecule has 12 heteroatoms. The second-order valence-electron chi connectivity index (χ2n) is 6.16. The van der Waals surface area contributed by atoms with Crippen LogP contribution in [0.3, 0.4) is 0 Å². The molecule has 0 atom stereocenters. The van der Waals surface area contributed by atoms with E-state index >= 15 is 0 Å². The molecule has 0 fully saturated rings. The highest BCUT2D eigenvalue weighted by Crippen LogP contribution is 2.30. The van der Waals surface area contributed by atoms with E-state index in [2.05, 4.69) is 10.0 Å². The molecule has 0 aromatic heterocycles. The largest absolute Gasteiger partial charge is 0.508 e. The summed E-state index contributed by atoms with van der Waals surface area (Å²) in [6.45, 7) is 0. The first kappa shape index (κ1) is 22.3. The summed E-state index contributed by atoms with van der Waals surface area (Å²) >= 11 is 11.7. The zero-order valence-electron chi connectivity index (χ0n) is 15.4. The van der Waals surface area contributed by atoms with Crippen molar-refractivity contribution in [3.05, 3.63) is 86.4 Å². The molecule has 9 nitrogen and oxygen atoms in total. The van der Waals surface area contributed by atoms with Crippen molar-refractivity contribution < 1.29 is 23.2 Å². The lowest BCUT2D eigenvalue weighted by molar-refractivity contribution is -0.384. The van der Waals surface area contributed by atoms with Gasteiger partial charge in [0, 0.05) is 10.0 Å². The van der Waals surface area contributed by atoms with Gasteiger partial charge in [-0.1, -0.05) is 23.2 Å². The third kappa shape index (κ3) is 5.23. The third-order valence-corrected chi connectivity index (χ3v) is 5.89. The number of halogens is 2. The number of aromatic hydroxyl groups is 1. The highest BCUT2D eigenvalue weighted by Gasteiger charge is 2.22. The highest BCUT2D eigenvalue weighted by atomic mass is 35.5. The number of nitrogens with zero attached hydrogens (tertiary/aromatic N) is 1. The number of carbonyl (C=O) groups excluding carboxylic acids is 1. The summed E-state index contributed by atoms with van der Waals surface area (Å²) in [5.74, 6) is -1.21. The lowest BCUT2D eigenvalue weighted by Gasteiger charge is -2.13. The van der Waals surface area contributed by atoms with Gasteiger partial charge in [0.05, 0.1) is 27.1 Å². The number of sulfonamides is 1. The molecule has 3 N–H and O–H groups in total. The van der Waals surface area contributed by atoms with Crippen LogP contribution in [-0.2, 0) is 10.0 Å². The Kier molecular flexibility index (Phi) is 6.34. The molecule has 3 aromatic rings. The predicted molar refractivity (Wildman–Crippen MR) is 116 cm³/mol. The van der Waals surface area contributed by atoms with Crippen molar-refractivity contribution in [2.24, 2.45) is 0 Å². The molecule has 0 spiro atoms. The molecule has 31 heavy (non-hydrogen) atoms. The first-order valence-electron chi connectivity index (χ1n) is 8.43. The average molecular weight is 482 g/mol. The lowest BCUT2D eigenvalue weighted by Crippen LogP contribution is -2.19. The van der Waals surface area contributed by atoms with Gasteiger partial charge in [0.15, 0.2) is 0 Å². The van der Waals surface area contributed by atoms with Gasteiger partial charge in [-0.2, -0.15) is 0 Å². The smallest absolute Gasteiger partial charge is 0.296 e. The van der Waals surface area contributed by atoms with Crippen molar-refractivity contribution in [3.63, 3.8) is 0 Å². The molecule has 3 aromatic carbocycles. The number of phenols is 1. The van der Waals surface area contributed by atoms with Crippen LogP contribution in [0.25, 0.3) is 0 Å². The van der Waals surface area contributed by atoms with Crippen LogP contribution in [0.15, 0.2) is 65.6 Å². The minimum absolute atomic E-state index is 0.0904. The highest BCUT2D eigenvalue weighted by molar-refractivity contribution is 7.92. The molecule has 0 aliphatic rings. The molecular formula is C19H13Cl2N3O6S. The van der Waals surface area contributed by atoms with E-state index in [1.54, 1.807) is 0 Å². The number of anilines is 2. The Morgan fingerprint density at radius 2 is 1.55 bits per heavy atom. The van der Waals surface area contributed by atoms with Crippen molar-refractivity contribution in [2.75, 3.05) is 10.0 Å². The van der Waals surface area contributed by atoms with Crippen LogP contribution in [0, 0.1) is 10.1 Å². The first-order chi connectivity index (χ1) is 14.6. The Morgan fingerprint density at radius 3 is 2.19 bits per heavy atom. The number of nitro groups is 1. The van der Waals surface area contributed by atoms with E-state index in [4.69, 9.17) is 23.2 Å². The van der Waals surface area contributed by atoms with Crippen LogP contribution in [-0.4, -0.2) is 24.4 Å². The van der Waals surface area contributed by atoms with Crippen molar-refractivity contribution in [2.45, 2.75) is 4.90 Å². The summed E-state index contributed by atoms with van der Waals surface area (Å²) in [7, 11) is -4.07. The maximum atomic E-state index is 12.8. The number of phenolic OH excluding ortho intramolecular Hbond substituents is 1. The monoisotopic (exact) mass is 481 g/mol. The van der Waals surface area contributed by atoms with E-state index in [9.17, 15) is 28.4 Å². The Labute approximate surface area is 186 Å². The van der Waals surface area contributed by atoms with E-state index in [-0.39, 0.29) is 32.6 Å². The van der Waals surface area contributed by atoms with Gasteiger partial charge in [-0.3, -0.25) is 19.6 Å². The van der Waals surface area contributed by atoms with E-state index in [0.717, 1.165) is 18.2 Å². The fourth-order valence-electron chi connectivity index (χ4n) is 2.58. The molecule has 0 heterocycles. The molecule has 3 rings (SSSR count). The van der Waals surface area contributed by atoms with Crippen LogP contribution in [0.2, 0.25) is 10.0 Å². The van der Waals surface area contributed by atoms with Crippen LogP contribution in [0.1, 0.15) is 10.4 Å². The van der Waals surface area contributed by atoms with Crippen LogP contribution in [0.5, 0.6) is 5.75 Å². The molecule has 0 radical (unpaired) electrons. The topological polar surface area (TPSA) is 139 Å². The van der Waals surface area contributed by atoms with Crippen molar-refractivity contribution in [1.29, 1.82) is 0 Å². The van der Waals surface area contributed by atoms with Gasteiger partial charge in [-0.25, -0.2) is 8.42 Å². The number of rotatable bonds is 6. The summed E-state index contributed by atoms with van der Waals surface area (Å²) in [4.78, 5) is 23.1. The average Bonchev–Trinajstić information content (AvgIpc) is 2.70. The van der Waals surface area contributed by atoms with Crippen LogP contribution < -0.4 is 10.0 Å². The van der Waals surface area contributed by atoms with Gasteiger partial charge >= 0.3 is 0 Å². The predicted octanol–water partition coefficient (Wildman–Crippen LogP) is 4.66. The molecular weight excluding hydrogens is 469 g/mol. The van der Waals surface area contributed by atoms with Gasteiger partial charge in [-0.15, -0.1) is 0 Å². The summed E-state index contributed by atoms with van der Waals surface area (Å²) < 4.78 is 27.7. The van der Waals surface area contributed by atoms with Crippen molar-refractivity contribution in [1.82, 2.24) is 0 Å². The Morgan fingerprint density at radius 1 is 0.935 bits per heavy atom. The SMILES string of the molecule is O=C(Nc1ccc(O)cc1[N+](=O)[O-])c1cc(Cl)ccc1NS(=O)(=O)c1ccc(Cl)cc1. The zero-order chi connectivity index (χ0) is 22.8. The van der Waals surface area contributed by atoms with Gasteiger partial charge in [-0.05, 0) is 54.6 Å². The lowest BCUT2D eigenvalue weighted by atomic mass is 10.1. The number of nitrogens with one attached hydrogen (secondary N) is 2. The molecule has 0 unspecified atom stereocenters. The Bertz CT molecular complexity index is 1280. The van der Waals surface area contributed by atoms with E-state index in [1.165, 1.54) is 42.5 Å². The fourth-order valence-corrected chi connectivity index (χ4v) is 3.96. The molecule has 0 saturated heterocycles. The van der Waals surface area contributed by atoms with Gasteiger partial charge < -0.3 is 10.4 Å². The minimum Gasteiger partial charge on any atom is -0.508 e. The number of nitro benzene ring substituents is 1. The third-order valence-electron chi connectivity index (χ3n) is 4.02. The van der Waals surface area contributed by atoms with Crippen LogP contribution >= 0.6 is 23.2 Å². The van der Waals surface area contributed by atoms with Crippen molar-refractivity contribution >= 4 is 56.2 Å². The molecule has 0 saturated carbocycles. The number of amides is 1. The van der Waals surface area contributed by atoms with Gasteiger partial charge in [0.25, 0.3) is 21.6 Å². The Balaban J connectivity index is 1.96. The van der Waals surface area contributed by atoms with E-state index in [0.29, 0.717) is 5.02 Å². The summed E-state index contributed by atoms with van der Waals surface area (Å²) in [6, 6.07) is 12.4. The minimum atomic E-state index is -4.07. The van der Waals surface area contributed by atoms with Crippen LogP contribution in [0.4, 0.5) is 17.1 Å². The molecule has 1 amide bonds. The first-order valence-corrected chi connectivity index (χ1v) is 10.7. The molecule has 0 aliphatic heterocycles. The summed E-state index contributed by atoms with van der Waals surface area (Å²) in [6.07, 6.45) is 0. The van der Waals surface area contributed by atoms with Crippen molar-refractivity contribution in [3.8, 4) is 5.75 Å². The van der Waals surface area contributed by atoms with E-state index in [1.807, 2.05) is 0 Å². The molecule has 0 bridgehead atoms. The second-order valence-corrected chi connectivity index (χ2v) is 8.72. The maximum absolute atomic E-state index is 12.8. The second kappa shape index (κ2) is 8.80. The number of benzene rings is 3. The number of carbonyl (C=O) groups is 1. The Hall–Kier alpha value is -3.34. The van der Waals surface area contributed by atoms with Gasteiger partial charge in [0.1, 0.15) is 11.4 Å².